The van der Waals surface area contributed by atoms with Crippen LogP contribution in [0.3, 0.4) is 0 Å². The number of unbranched alkanes of at least 4 members (excludes halogenated alkanes) is 1. The quantitative estimate of drug-likeness (QED) is 0.320. The lowest BCUT2D eigenvalue weighted by molar-refractivity contribution is -0.231. The standard InChI is InChI=1S/C12H24O6/c1-3-4-5-12(15,18-11(2)14)10-17-9-8-16-7-6-13/h13,15H,3-10H2,1-2H3. The summed E-state index contributed by atoms with van der Waals surface area (Å²) < 4.78 is 15.1. The van der Waals surface area contributed by atoms with Crippen LogP contribution in [0, 0.1) is 0 Å². The number of hydrogen-bond acceptors (Lipinski definition) is 6. The molecule has 0 aliphatic heterocycles. The van der Waals surface area contributed by atoms with Gasteiger partial charge in [-0.2, -0.15) is 0 Å². The summed E-state index contributed by atoms with van der Waals surface area (Å²) >= 11 is 0. The van der Waals surface area contributed by atoms with E-state index in [-0.39, 0.29) is 26.4 Å². The third-order valence-electron chi connectivity index (χ3n) is 2.19. The second-order valence-electron chi connectivity index (χ2n) is 4.03. The van der Waals surface area contributed by atoms with Crippen molar-refractivity contribution >= 4 is 5.97 Å². The molecule has 0 rings (SSSR count). The highest BCUT2D eigenvalue weighted by Gasteiger charge is 2.30. The van der Waals surface area contributed by atoms with Crippen molar-refractivity contribution < 1.29 is 29.2 Å². The first-order valence-electron chi connectivity index (χ1n) is 6.22. The van der Waals surface area contributed by atoms with Crippen molar-refractivity contribution in [3.05, 3.63) is 0 Å². The van der Waals surface area contributed by atoms with E-state index in [0.29, 0.717) is 13.0 Å². The zero-order valence-corrected chi connectivity index (χ0v) is 11.2. The number of rotatable bonds is 11. The number of ether oxygens (including phenoxy) is 3. The van der Waals surface area contributed by atoms with Crippen LogP contribution in [0.5, 0.6) is 0 Å². The molecular formula is C12H24O6. The van der Waals surface area contributed by atoms with Gasteiger partial charge in [0.15, 0.2) is 0 Å². The van der Waals surface area contributed by atoms with Gasteiger partial charge in [0, 0.05) is 13.3 Å². The second kappa shape index (κ2) is 10.3. The fourth-order valence-electron chi connectivity index (χ4n) is 1.39. The van der Waals surface area contributed by atoms with E-state index in [9.17, 15) is 9.90 Å². The summed E-state index contributed by atoms with van der Waals surface area (Å²) in [6.45, 7) is 3.98. The summed E-state index contributed by atoms with van der Waals surface area (Å²) in [4.78, 5) is 10.9. The summed E-state index contributed by atoms with van der Waals surface area (Å²) in [7, 11) is 0. The Morgan fingerprint density at radius 2 is 1.89 bits per heavy atom. The van der Waals surface area contributed by atoms with E-state index in [1.807, 2.05) is 6.92 Å². The Labute approximate surface area is 108 Å². The molecule has 2 N–H and O–H groups in total. The Hall–Kier alpha value is -0.690. The fourth-order valence-corrected chi connectivity index (χ4v) is 1.39. The third kappa shape index (κ3) is 9.35. The lowest BCUT2D eigenvalue weighted by Gasteiger charge is -2.27. The normalized spacial score (nSPS) is 14.2. The van der Waals surface area contributed by atoms with Gasteiger partial charge in [-0.25, -0.2) is 0 Å². The van der Waals surface area contributed by atoms with Gasteiger partial charge in [0.25, 0.3) is 0 Å². The van der Waals surface area contributed by atoms with Crippen molar-refractivity contribution in [1.82, 2.24) is 0 Å². The summed E-state index contributed by atoms with van der Waals surface area (Å²) in [5, 5.41) is 18.6. The molecule has 0 fully saturated rings. The average Bonchev–Trinajstić information content (AvgIpc) is 2.30. The predicted octanol–water partition coefficient (Wildman–Crippen LogP) is 0.454. The second-order valence-corrected chi connectivity index (χ2v) is 4.03. The number of hydrogen-bond donors (Lipinski definition) is 2. The highest BCUT2D eigenvalue weighted by atomic mass is 16.7. The molecule has 6 heteroatoms. The first kappa shape index (κ1) is 17.3. The van der Waals surface area contributed by atoms with Crippen LogP contribution in [-0.4, -0.2) is 55.0 Å². The summed E-state index contributed by atoms with van der Waals surface area (Å²) in [5.74, 6) is -2.09. The first-order valence-corrected chi connectivity index (χ1v) is 6.22. The van der Waals surface area contributed by atoms with Crippen molar-refractivity contribution in [2.75, 3.05) is 33.0 Å². The van der Waals surface area contributed by atoms with Crippen LogP contribution < -0.4 is 0 Å². The molecule has 0 saturated carbocycles. The molecule has 0 saturated heterocycles. The monoisotopic (exact) mass is 264 g/mol. The smallest absolute Gasteiger partial charge is 0.305 e. The molecule has 0 aliphatic rings. The maximum Gasteiger partial charge on any atom is 0.305 e. The van der Waals surface area contributed by atoms with Gasteiger partial charge >= 0.3 is 5.97 Å². The topological polar surface area (TPSA) is 85.2 Å². The Morgan fingerprint density at radius 3 is 2.44 bits per heavy atom. The van der Waals surface area contributed by atoms with Crippen molar-refractivity contribution in [1.29, 1.82) is 0 Å². The summed E-state index contributed by atoms with van der Waals surface area (Å²) in [6, 6.07) is 0. The molecule has 0 aliphatic carbocycles. The largest absolute Gasteiger partial charge is 0.431 e. The molecule has 0 spiro atoms. The van der Waals surface area contributed by atoms with E-state index in [4.69, 9.17) is 19.3 Å². The molecular weight excluding hydrogens is 240 g/mol. The van der Waals surface area contributed by atoms with Gasteiger partial charge in [0.2, 0.25) is 5.79 Å². The van der Waals surface area contributed by atoms with Crippen LogP contribution in [0.2, 0.25) is 0 Å². The van der Waals surface area contributed by atoms with Crippen LogP contribution in [0.25, 0.3) is 0 Å². The Kier molecular flexibility index (Phi) is 9.86. The molecule has 0 heterocycles. The molecule has 0 amide bonds. The SMILES string of the molecule is CCCCC(O)(COCCOCCO)OC(C)=O. The van der Waals surface area contributed by atoms with Gasteiger partial charge in [0.05, 0.1) is 26.4 Å². The summed E-state index contributed by atoms with van der Waals surface area (Å²) in [6.07, 6.45) is 1.98. The van der Waals surface area contributed by atoms with Crippen molar-refractivity contribution in [2.45, 2.75) is 38.9 Å². The molecule has 1 unspecified atom stereocenters. The first-order chi connectivity index (χ1) is 8.54. The fraction of sp³-hybridized carbons (Fsp3) is 0.917. The minimum atomic E-state index is -1.56. The van der Waals surface area contributed by atoms with E-state index in [2.05, 4.69) is 0 Å². The maximum atomic E-state index is 10.9. The van der Waals surface area contributed by atoms with Crippen molar-refractivity contribution in [2.24, 2.45) is 0 Å². The molecule has 108 valence electrons. The Morgan fingerprint density at radius 1 is 1.22 bits per heavy atom. The van der Waals surface area contributed by atoms with Crippen molar-refractivity contribution in [3.63, 3.8) is 0 Å². The maximum absolute atomic E-state index is 10.9. The summed E-state index contributed by atoms with van der Waals surface area (Å²) in [5.41, 5.74) is 0. The zero-order chi connectivity index (χ0) is 13.9. The molecule has 0 aromatic heterocycles. The number of carbonyl (C=O) groups is 1. The highest BCUT2D eigenvalue weighted by molar-refractivity contribution is 5.66. The van der Waals surface area contributed by atoms with Gasteiger partial charge in [-0.1, -0.05) is 13.3 Å². The Balaban J connectivity index is 3.89. The molecule has 18 heavy (non-hydrogen) atoms. The number of aliphatic hydroxyl groups is 2. The van der Waals surface area contributed by atoms with Gasteiger partial charge in [-0.15, -0.1) is 0 Å². The lowest BCUT2D eigenvalue weighted by atomic mass is 10.1. The van der Waals surface area contributed by atoms with E-state index >= 15 is 0 Å². The van der Waals surface area contributed by atoms with E-state index in [0.717, 1.165) is 12.8 Å². The van der Waals surface area contributed by atoms with E-state index < -0.39 is 11.8 Å². The number of esters is 1. The minimum absolute atomic E-state index is 0.0338. The number of aliphatic hydroxyl groups excluding tert-OH is 1. The van der Waals surface area contributed by atoms with Crippen LogP contribution >= 0.6 is 0 Å². The molecule has 0 aromatic carbocycles. The molecule has 6 nitrogen and oxygen atoms in total. The molecule has 1 atom stereocenters. The molecule has 0 bridgehead atoms. The van der Waals surface area contributed by atoms with Crippen LogP contribution in [0.1, 0.15) is 33.1 Å². The third-order valence-corrected chi connectivity index (χ3v) is 2.19. The van der Waals surface area contributed by atoms with Crippen LogP contribution in [0.15, 0.2) is 0 Å². The zero-order valence-electron chi connectivity index (χ0n) is 11.2. The van der Waals surface area contributed by atoms with Gasteiger partial charge in [0.1, 0.15) is 6.61 Å². The molecule has 0 aromatic rings. The van der Waals surface area contributed by atoms with E-state index in [1.54, 1.807) is 0 Å². The lowest BCUT2D eigenvalue weighted by Crippen LogP contribution is -2.39. The Bertz CT molecular complexity index is 221. The van der Waals surface area contributed by atoms with Gasteiger partial charge in [-0.05, 0) is 6.42 Å². The average molecular weight is 264 g/mol. The van der Waals surface area contributed by atoms with E-state index in [1.165, 1.54) is 6.92 Å². The highest BCUT2D eigenvalue weighted by Crippen LogP contribution is 2.17. The minimum Gasteiger partial charge on any atom is -0.431 e. The number of carbonyl (C=O) groups excluding carboxylic acids is 1. The predicted molar refractivity (Wildman–Crippen MR) is 65.0 cm³/mol. The van der Waals surface area contributed by atoms with Gasteiger partial charge in [-0.3, -0.25) is 4.79 Å². The van der Waals surface area contributed by atoms with Crippen LogP contribution in [-0.2, 0) is 19.0 Å². The van der Waals surface area contributed by atoms with Crippen molar-refractivity contribution in [3.8, 4) is 0 Å². The van der Waals surface area contributed by atoms with Gasteiger partial charge < -0.3 is 24.4 Å². The molecule has 0 radical (unpaired) electrons. The van der Waals surface area contributed by atoms with Crippen LogP contribution in [0.4, 0.5) is 0 Å².